The van der Waals surface area contributed by atoms with Crippen LogP contribution in [0.5, 0.6) is 5.75 Å². The summed E-state index contributed by atoms with van der Waals surface area (Å²) in [5.41, 5.74) is 6.90. The highest BCUT2D eigenvalue weighted by atomic mass is 16.5. The number of hydrogen-bond donors (Lipinski definition) is 2. The zero-order valence-corrected chi connectivity index (χ0v) is 15.7. The summed E-state index contributed by atoms with van der Waals surface area (Å²) in [6.07, 6.45) is 3.41. The summed E-state index contributed by atoms with van der Waals surface area (Å²) in [5.74, 6) is 1.89. The monoisotopic (exact) mass is 366 g/mol. The molecule has 0 saturated carbocycles. The van der Waals surface area contributed by atoms with Gasteiger partial charge in [-0.3, -0.25) is 0 Å². The van der Waals surface area contributed by atoms with Gasteiger partial charge in [0.15, 0.2) is 0 Å². The first kappa shape index (κ1) is 17.5. The summed E-state index contributed by atoms with van der Waals surface area (Å²) in [6, 6.07) is 12.8. The molecule has 0 bridgehead atoms. The predicted molar refractivity (Wildman–Crippen MR) is 109 cm³/mol. The molecule has 0 unspecified atom stereocenters. The fourth-order valence-corrected chi connectivity index (χ4v) is 3.64. The van der Waals surface area contributed by atoms with Gasteiger partial charge in [0.25, 0.3) is 0 Å². The first-order chi connectivity index (χ1) is 13.2. The van der Waals surface area contributed by atoms with E-state index in [0.717, 1.165) is 31.8 Å². The summed E-state index contributed by atoms with van der Waals surface area (Å²) in [4.78, 5) is 6.60. The Morgan fingerprint density at radius 3 is 2.67 bits per heavy atom. The fourth-order valence-electron chi connectivity index (χ4n) is 3.64. The van der Waals surface area contributed by atoms with Gasteiger partial charge in [-0.05, 0) is 31.4 Å². The largest absolute Gasteiger partial charge is 0.493 e. The summed E-state index contributed by atoms with van der Waals surface area (Å²) in [5, 5.41) is 9.69. The second kappa shape index (κ2) is 7.73. The van der Waals surface area contributed by atoms with Crippen molar-refractivity contribution in [3.8, 4) is 5.75 Å². The normalized spacial score (nSPS) is 14.0. The van der Waals surface area contributed by atoms with Gasteiger partial charge in [0.2, 0.25) is 11.9 Å². The fraction of sp³-hybridized carbons (Fsp3) is 0.400. The molecule has 1 fully saturated rings. The van der Waals surface area contributed by atoms with Gasteiger partial charge in [-0.2, -0.15) is 4.98 Å². The van der Waals surface area contributed by atoms with Crippen molar-refractivity contribution in [2.45, 2.75) is 19.3 Å². The number of hydrogen-bond acceptors (Lipinski definition) is 6. The van der Waals surface area contributed by atoms with Crippen LogP contribution in [0.25, 0.3) is 10.8 Å². The lowest BCUT2D eigenvalue weighted by molar-refractivity contribution is 0.318. The molecule has 3 aromatic rings. The molecule has 1 aromatic heterocycles. The second-order valence-electron chi connectivity index (χ2n) is 6.87. The van der Waals surface area contributed by atoms with Crippen LogP contribution in [-0.2, 0) is 7.05 Å². The number of nitrogens with zero attached hydrogens (tertiary/aromatic N) is 4. The molecule has 142 valence electrons. The van der Waals surface area contributed by atoms with E-state index >= 15 is 0 Å². The van der Waals surface area contributed by atoms with Crippen molar-refractivity contribution < 1.29 is 4.74 Å². The highest BCUT2D eigenvalue weighted by Crippen LogP contribution is 2.34. The lowest BCUT2D eigenvalue weighted by Gasteiger charge is -2.20. The summed E-state index contributed by atoms with van der Waals surface area (Å²) in [7, 11) is 1.82. The van der Waals surface area contributed by atoms with Crippen LogP contribution in [0.2, 0.25) is 0 Å². The third-order valence-electron chi connectivity index (χ3n) is 4.95. The molecule has 0 aliphatic carbocycles. The van der Waals surface area contributed by atoms with Crippen molar-refractivity contribution in [1.29, 1.82) is 0 Å². The lowest BCUT2D eigenvalue weighted by atomic mass is 10.1. The molecule has 27 heavy (non-hydrogen) atoms. The smallest absolute Gasteiger partial charge is 0.241 e. The van der Waals surface area contributed by atoms with E-state index in [9.17, 15) is 0 Å². The highest BCUT2D eigenvalue weighted by Gasteiger charge is 2.15. The molecule has 1 aliphatic rings. The first-order valence-corrected chi connectivity index (χ1v) is 9.52. The van der Waals surface area contributed by atoms with Crippen LogP contribution in [0.3, 0.4) is 0 Å². The molecular weight excluding hydrogens is 340 g/mol. The Kier molecular flexibility index (Phi) is 5.00. The number of rotatable bonds is 7. The van der Waals surface area contributed by atoms with Crippen molar-refractivity contribution in [2.75, 3.05) is 42.2 Å². The van der Waals surface area contributed by atoms with E-state index in [1.54, 1.807) is 4.68 Å². The second-order valence-corrected chi connectivity index (χ2v) is 6.87. The summed E-state index contributed by atoms with van der Waals surface area (Å²) < 4.78 is 7.72. The van der Waals surface area contributed by atoms with E-state index in [4.69, 9.17) is 10.5 Å². The van der Waals surface area contributed by atoms with Crippen LogP contribution in [-0.4, -0.2) is 41.0 Å². The molecule has 0 radical (unpaired) electrons. The van der Waals surface area contributed by atoms with E-state index in [1.807, 2.05) is 13.1 Å². The maximum atomic E-state index is 6.08. The third-order valence-corrected chi connectivity index (χ3v) is 4.95. The molecule has 7 nitrogen and oxygen atoms in total. The number of benzene rings is 2. The molecule has 1 saturated heterocycles. The van der Waals surface area contributed by atoms with E-state index < -0.39 is 0 Å². The van der Waals surface area contributed by atoms with E-state index in [2.05, 4.69) is 50.6 Å². The Morgan fingerprint density at radius 1 is 1.11 bits per heavy atom. The average Bonchev–Trinajstić information content (AvgIpc) is 3.31. The molecule has 2 aromatic carbocycles. The Morgan fingerprint density at radius 2 is 1.89 bits per heavy atom. The summed E-state index contributed by atoms with van der Waals surface area (Å²) >= 11 is 0. The minimum Gasteiger partial charge on any atom is -0.493 e. The van der Waals surface area contributed by atoms with E-state index in [0.29, 0.717) is 12.6 Å². The van der Waals surface area contributed by atoms with Crippen LogP contribution in [0, 0.1) is 0 Å². The molecule has 1 aliphatic heterocycles. The Bertz CT molecular complexity index is 916. The van der Waals surface area contributed by atoms with Crippen molar-refractivity contribution in [2.24, 2.45) is 7.05 Å². The van der Waals surface area contributed by atoms with Gasteiger partial charge in [0, 0.05) is 43.1 Å². The Labute approximate surface area is 159 Å². The zero-order valence-electron chi connectivity index (χ0n) is 15.7. The van der Waals surface area contributed by atoms with Gasteiger partial charge in [0.05, 0.1) is 6.61 Å². The standard InChI is InChI=1S/C20H26N6O/c1-25-20(23-19(21)24-25)22-11-6-14-27-18-10-5-7-15-16(18)8-4-9-17(15)26-12-2-3-13-26/h4-5,7-10H,2-3,6,11-14H2,1H3,(H3,21,22,23,24). The lowest BCUT2D eigenvalue weighted by Crippen LogP contribution is -2.17. The first-order valence-electron chi connectivity index (χ1n) is 9.52. The van der Waals surface area contributed by atoms with Gasteiger partial charge >= 0.3 is 0 Å². The van der Waals surface area contributed by atoms with Crippen LogP contribution in [0.4, 0.5) is 17.6 Å². The van der Waals surface area contributed by atoms with Gasteiger partial charge in [-0.1, -0.05) is 24.3 Å². The minimum atomic E-state index is 0.279. The number of nitrogens with two attached hydrogens (primary N) is 1. The topological polar surface area (TPSA) is 81.2 Å². The predicted octanol–water partition coefficient (Wildman–Crippen LogP) is 3.03. The quantitative estimate of drug-likeness (QED) is 0.626. The van der Waals surface area contributed by atoms with Crippen molar-refractivity contribution >= 4 is 28.4 Å². The van der Waals surface area contributed by atoms with Crippen LogP contribution < -0.4 is 20.7 Å². The third kappa shape index (κ3) is 3.77. The number of aryl methyl sites for hydroxylation is 1. The molecule has 0 atom stereocenters. The van der Waals surface area contributed by atoms with Gasteiger partial charge in [0.1, 0.15) is 5.75 Å². The van der Waals surface area contributed by atoms with Crippen molar-refractivity contribution in [3.63, 3.8) is 0 Å². The van der Waals surface area contributed by atoms with Gasteiger partial charge in [-0.15, -0.1) is 5.10 Å². The molecule has 0 spiro atoms. The average molecular weight is 366 g/mol. The number of nitrogens with one attached hydrogen (secondary N) is 1. The highest BCUT2D eigenvalue weighted by molar-refractivity contribution is 5.98. The molecule has 4 rings (SSSR count). The molecule has 7 heteroatoms. The van der Waals surface area contributed by atoms with Crippen LogP contribution in [0.1, 0.15) is 19.3 Å². The number of anilines is 3. The summed E-state index contributed by atoms with van der Waals surface area (Å²) in [6.45, 7) is 3.66. The number of fused-ring (bicyclic) bond motifs is 1. The van der Waals surface area contributed by atoms with Gasteiger partial charge < -0.3 is 20.7 Å². The molecule has 3 N–H and O–H groups in total. The van der Waals surface area contributed by atoms with Crippen LogP contribution >= 0.6 is 0 Å². The van der Waals surface area contributed by atoms with E-state index in [-0.39, 0.29) is 5.95 Å². The molecular formula is C20H26N6O. The molecule has 2 heterocycles. The maximum Gasteiger partial charge on any atom is 0.241 e. The van der Waals surface area contributed by atoms with Crippen molar-refractivity contribution in [3.05, 3.63) is 36.4 Å². The number of nitrogen functional groups attached to an aromatic ring is 1. The van der Waals surface area contributed by atoms with E-state index in [1.165, 1.54) is 29.3 Å². The maximum absolute atomic E-state index is 6.08. The number of ether oxygens (including phenoxy) is 1. The Balaban J connectivity index is 1.39. The Hall–Kier alpha value is -2.96. The SMILES string of the molecule is Cn1nc(N)nc1NCCCOc1cccc2c(N3CCCC3)cccc12. The molecule has 0 amide bonds. The van der Waals surface area contributed by atoms with Gasteiger partial charge in [-0.25, -0.2) is 4.68 Å². The number of aromatic nitrogens is 3. The minimum absolute atomic E-state index is 0.279. The van der Waals surface area contributed by atoms with Crippen molar-refractivity contribution in [1.82, 2.24) is 14.8 Å². The van der Waals surface area contributed by atoms with Crippen LogP contribution in [0.15, 0.2) is 36.4 Å². The zero-order chi connectivity index (χ0) is 18.6.